The van der Waals surface area contributed by atoms with Gasteiger partial charge in [0, 0.05) is 11.3 Å². The summed E-state index contributed by atoms with van der Waals surface area (Å²) in [5.74, 6) is -1.18. The Morgan fingerprint density at radius 1 is 1.19 bits per heavy atom. The molecule has 0 aliphatic heterocycles. The third-order valence-electron chi connectivity index (χ3n) is 4.37. The molecule has 0 saturated carbocycles. The van der Waals surface area contributed by atoms with Gasteiger partial charge in [0.15, 0.2) is 0 Å². The predicted molar refractivity (Wildman–Crippen MR) is 100 cm³/mol. The van der Waals surface area contributed by atoms with Gasteiger partial charge in [0.25, 0.3) is 5.91 Å². The van der Waals surface area contributed by atoms with Gasteiger partial charge in [-0.15, -0.1) is 0 Å². The molecule has 2 aromatic carbocycles. The third kappa shape index (κ3) is 3.35. The Hall–Kier alpha value is -2.66. The van der Waals surface area contributed by atoms with Crippen LogP contribution in [0.5, 0.6) is 0 Å². The molecule has 0 saturated heterocycles. The summed E-state index contributed by atoms with van der Waals surface area (Å²) in [4.78, 5) is 12.5. The lowest BCUT2D eigenvalue weighted by atomic mass is 10.1. The molecule has 1 atom stereocenters. The van der Waals surface area contributed by atoms with Crippen molar-refractivity contribution in [1.29, 1.82) is 0 Å². The van der Waals surface area contributed by atoms with Crippen LogP contribution in [0.2, 0.25) is 5.02 Å². The number of carbonyl (C=O) groups is 1. The van der Waals surface area contributed by atoms with Crippen LogP contribution in [0.25, 0.3) is 5.69 Å². The maximum absolute atomic E-state index is 14.1. The van der Waals surface area contributed by atoms with E-state index in [1.54, 1.807) is 23.9 Å². The summed E-state index contributed by atoms with van der Waals surface area (Å²) >= 11 is 6.12. The van der Waals surface area contributed by atoms with Gasteiger partial charge in [0.2, 0.25) is 0 Å². The Morgan fingerprint density at radius 2 is 1.88 bits per heavy atom. The first-order valence-corrected chi connectivity index (χ1v) is 8.63. The van der Waals surface area contributed by atoms with Gasteiger partial charge in [0.05, 0.1) is 28.5 Å². The molecule has 1 amide bonds. The number of nitrogens with one attached hydrogen (secondary N) is 1. The molecule has 1 N–H and O–H groups in total. The van der Waals surface area contributed by atoms with Crippen LogP contribution >= 0.6 is 11.6 Å². The van der Waals surface area contributed by atoms with Crippen molar-refractivity contribution < 1.29 is 9.18 Å². The van der Waals surface area contributed by atoms with Crippen molar-refractivity contribution in [2.45, 2.75) is 26.8 Å². The molecule has 0 unspecified atom stereocenters. The van der Waals surface area contributed by atoms with E-state index in [1.807, 2.05) is 44.2 Å². The monoisotopic (exact) mass is 371 g/mol. The number of amides is 1. The molecule has 0 spiro atoms. The Labute approximate surface area is 156 Å². The molecule has 134 valence electrons. The molecule has 1 heterocycles. The minimum atomic E-state index is -0.637. The van der Waals surface area contributed by atoms with Gasteiger partial charge < -0.3 is 5.32 Å². The van der Waals surface area contributed by atoms with Gasteiger partial charge in [0.1, 0.15) is 5.82 Å². The quantitative estimate of drug-likeness (QED) is 0.717. The summed E-state index contributed by atoms with van der Waals surface area (Å²) in [6, 6.07) is 12.2. The van der Waals surface area contributed by atoms with Crippen molar-refractivity contribution in [2.75, 3.05) is 0 Å². The second kappa shape index (κ2) is 7.30. The van der Waals surface area contributed by atoms with Gasteiger partial charge >= 0.3 is 0 Å². The Bertz CT molecular complexity index is 953. The minimum Gasteiger partial charge on any atom is -0.345 e. The molecule has 4 nitrogen and oxygen atoms in total. The minimum absolute atomic E-state index is 0.131. The van der Waals surface area contributed by atoms with Gasteiger partial charge in [-0.2, -0.15) is 5.10 Å². The summed E-state index contributed by atoms with van der Waals surface area (Å²) in [6.45, 7) is 5.49. The van der Waals surface area contributed by atoms with Crippen LogP contribution in [0.4, 0.5) is 4.39 Å². The lowest BCUT2D eigenvalue weighted by molar-refractivity contribution is 0.0936. The molecular weight excluding hydrogens is 353 g/mol. The Balaban J connectivity index is 1.86. The van der Waals surface area contributed by atoms with Crippen molar-refractivity contribution in [3.05, 3.63) is 81.9 Å². The zero-order valence-corrected chi connectivity index (χ0v) is 15.5. The standard InChI is InChI=1S/C20H19ClFN3O/c1-12-9-10-17(22)18(19(12)21)20(26)24-13(2)16-11-23-25(14(16)3)15-7-5-4-6-8-15/h4-11,13H,1-3H3,(H,24,26)/t13-/m1/s1. The summed E-state index contributed by atoms with van der Waals surface area (Å²) in [5, 5.41) is 7.34. The molecule has 0 radical (unpaired) electrons. The van der Waals surface area contributed by atoms with Crippen LogP contribution in [0.3, 0.4) is 0 Å². The number of carbonyl (C=O) groups excluding carboxylic acids is 1. The number of nitrogens with zero attached hydrogens (tertiary/aromatic N) is 2. The van der Waals surface area contributed by atoms with Crippen LogP contribution in [0, 0.1) is 19.7 Å². The predicted octanol–water partition coefficient (Wildman–Crippen LogP) is 4.77. The second-order valence-corrected chi connectivity index (χ2v) is 6.56. The van der Waals surface area contributed by atoms with E-state index in [0.717, 1.165) is 16.9 Å². The van der Waals surface area contributed by atoms with Crippen LogP contribution in [-0.4, -0.2) is 15.7 Å². The molecular formula is C20H19ClFN3O. The normalized spacial score (nSPS) is 12.0. The van der Waals surface area contributed by atoms with E-state index in [-0.39, 0.29) is 16.6 Å². The molecule has 3 rings (SSSR count). The average Bonchev–Trinajstić information content (AvgIpc) is 3.01. The highest BCUT2D eigenvalue weighted by Gasteiger charge is 2.21. The first-order valence-electron chi connectivity index (χ1n) is 8.25. The fourth-order valence-electron chi connectivity index (χ4n) is 2.89. The van der Waals surface area contributed by atoms with E-state index >= 15 is 0 Å². The van der Waals surface area contributed by atoms with Crippen molar-refractivity contribution in [3.63, 3.8) is 0 Å². The van der Waals surface area contributed by atoms with Crippen LogP contribution in [-0.2, 0) is 0 Å². The summed E-state index contributed by atoms with van der Waals surface area (Å²) in [6.07, 6.45) is 1.71. The SMILES string of the molecule is Cc1ccc(F)c(C(=O)N[C@H](C)c2cnn(-c3ccccc3)c2C)c1Cl. The second-order valence-electron chi connectivity index (χ2n) is 6.18. The smallest absolute Gasteiger partial charge is 0.256 e. The average molecular weight is 372 g/mol. The largest absolute Gasteiger partial charge is 0.345 e. The maximum Gasteiger partial charge on any atom is 0.256 e. The fourth-order valence-corrected chi connectivity index (χ4v) is 3.13. The van der Waals surface area contributed by atoms with Crippen molar-refractivity contribution >= 4 is 17.5 Å². The molecule has 1 aromatic heterocycles. The van der Waals surface area contributed by atoms with Gasteiger partial charge in [-0.25, -0.2) is 9.07 Å². The highest BCUT2D eigenvalue weighted by Crippen LogP contribution is 2.25. The van der Waals surface area contributed by atoms with Crippen LogP contribution < -0.4 is 5.32 Å². The third-order valence-corrected chi connectivity index (χ3v) is 4.86. The Kier molecular flexibility index (Phi) is 5.09. The molecule has 3 aromatic rings. The van der Waals surface area contributed by atoms with E-state index in [4.69, 9.17) is 11.6 Å². The van der Waals surface area contributed by atoms with E-state index in [2.05, 4.69) is 10.4 Å². The van der Waals surface area contributed by atoms with E-state index in [9.17, 15) is 9.18 Å². The number of aryl methyl sites for hydroxylation is 1. The lowest BCUT2D eigenvalue weighted by Gasteiger charge is -2.16. The molecule has 0 bridgehead atoms. The summed E-state index contributed by atoms with van der Waals surface area (Å²) in [7, 11) is 0. The molecule has 0 fully saturated rings. The number of hydrogen-bond acceptors (Lipinski definition) is 2. The molecule has 0 aliphatic carbocycles. The Morgan fingerprint density at radius 3 is 2.58 bits per heavy atom. The van der Waals surface area contributed by atoms with Crippen molar-refractivity contribution in [2.24, 2.45) is 0 Å². The number of rotatable bonds is 4. The van der Waals surface area contributed by atoms with E-state index in [1.165, 1.54) is 6.07 Å². The zero-order valence-electron chi connectivity index (χ0n) is 14.8. The van der Waals surface area contributed by atoms with E-state index in [0.29, 0.717) is 5.56 Å². The highest BCUT2D eigenvalue weighted by atomic mass is 35.5. The summed E-state index contributed by atoms with van der Waals surface area (Å²) < 4.78 is 15.9. The molecule has 0 aliphatic rings. The summed E-state index contributed by atoms with van der Waals surface area (Å²) in [5.41, 5.74) is 3.21. The topological polar surface area (TPSA) is 46.9 Å². The van der Waals surface area contributed by atoms with Gasteiger partial charge in [-0.3, -0.25) is 4.79 Å². The fraction of sp³-hybridized carbons (Fsp3) is 0.200. The number of para-hydroxylation sites is 1. The first-order chi connectivity index (χ1) is 12.4. The van der Waals surface area contributed by atoms with Gasteiger partial charge in [-0.05, 0) is 44.5 Å². The van der Waals surface area contributed by atoms with Crippen molar-refractivity contribution in [3.8, 4) is 5.69 Å². The number of halogens is 2. The zero-order chi connectivity index (χ0) is 18.8. The van der Waals surface area contributed by atoms with Crippen molar-refractivity contribution in [1.82, 2.24) is 15.1 Å². The number of hydrogen-bond donors (Lipinski definition) is 1. The van der Waals surface area contributed by atoms with E-state index < -0.39 is 11.7 Å². The number of benzene rings is 2. The highest BCUT2D eigenvalue weighted by molar-refractivity contribution is 6.34. The first kappa shape index (κ1) is 18.1. The van der Waals surface area contributed by atoms with Crippen LogP contribution in [0.1, 0.15) is 40.1 Å². The number of aromatic nitrogens is 2. The lowest BCUT2D eigenvalue weighted by Crippen LogP contribution is -2.28. The molecule has 6 heteroatoms. The van der Waals surface area contributed by atoms with Crippen LogP contribution in [0.15, 0.2) is 48.7 Å². The van der Waals surface area contributed by atoms with Gasteiger partial charge in [-0.1, -0.05) is 35.9 Å². The molecule has 26 heavy (non-hydrogen) atoms. The maximum atomic E-state index is 14.1.